The Balaban J connectivity index is 2.51. The summed E-state index contributed by atoms with van der Waals surface area (Å²) in [6.45, 7) is 1.86. The summed E-state index contributed by atoms with van der Waals surface area (Å²) < 4.78 is 0. The van der Waals surface area contributed by atoms with Crippen LogP contribution in [0.3, 0.4) is 0 Å². The van der Waals surface area contributed by atoms with Crippen LogP contribution in [0.25, 0.3) is 6.08 Å². The Morgan fingerprint density at radius 3 is 3.00 bits per heavy atom. The first-order valence-electron chi connectivity index (χ1n) is 5.35. The van der Waals surface area contributed by atoms with E-state index in [4.69, 9.17) is 10.2 Å². The second-order valence-electron chi connectivity index (χ2n) is 3.73. The first-order valence-corrected chi connectivity index (χ1v) is 5.35. The predicted octanol–water partition coefficient (Wildman–Crippen LogP) is 0.687. The Morgan fingerprint density at radius 1 is 1.59 bits per heavy atom. The number of nitrogens with zero attached hydrogens (tertiary/aromatic N) is 1. The molecule has 1 rings (SSSR count). The molecular formula is C12H16N2O3. The van der Waals surface area contributed by atoms with E-state index in [2.05, 4.69) is 10.3 Å². The number of rotatable bonds is 5. The number of nitrogens with one attached hydrogen (secondary N) is 1. The van der Waals surface area contributed by atoms with Crippen LogP contribution in [0, 0.1) is 0 Å². The van der Waals surface area contributed by atoms with Gasteiger partial charge in [0.05, 0.1) is 6.20 Å². The van der Waals surface area contributed by atoms with Crippen LogP contribution in [0.15, 0.2) is 24.5 Å². The number of carbonyl (C=O) groups is 1. The highest BCUT2D eigenvalue weighted by Gasteiger charge is 2.03. The van der Waals surface area contributed by atoms with Gasteiger partial charge in [-0.25, -0.2) is 0 Å². The molecule has 1 amide bonds. The normalized spacial score (nSPS) is 12.6. The fourth-order valence-electron chi connectivity index (χ4n) is 1.26. The maximum absolute atomic E-state index is 11.4. The minimum Gasteiger partial charge on any atom is -0.506 e. The van der Waals surface area contributed by atoms with Crippen LogP contribution in [-0.4, -0.2) is 33.8 Å². The van der Waals surface area contributed by atoms with Gasteiger partial charge < -0.3 is 15.5 Å². The lowest BCUT2D eigenvalue weighted by Gasteiger charge is -2.09. The van der Waals surface area contributed by atoms with Gasteiger partial charge in [0, 0.05) is 24.9 Å². The molecule has 0 aliphatic carbocycles. The van der Waals surface area contributed by atoms with Crippen molar-refractivity contribution in [2.75, 3.05) is 6.61 Å². The van der Waals surface area contributed by atoms with E-state index in [0.717, 1.165) is 0 Å². The highest BCUT2D eigenvalue weighted by molar-refractivity contribution is 5.91. The lowest BCUT2D eigenvalue weighted by molar-refractivity contribution is -0.117. The molecule has 0 saturated carbocycles. The molecule has 0 unspecified atom stereocenters. The molecule has 17 heavy (non-hydrogen) atoms. The van der Waals surface area contributed by atoms with E-state index in [1.165, 1.54) is 18.3 Å². The van der Waals surface area contributed by atoms with Crippen molar-refractivity contribution in [1.29, 1.82) is 0 Å². The van der Waals surface area contributed by atoms with Gasteiger partial charge in [0.25, 0.3) is 0 Å². The first kappa shape index (κ1) is 13.2. The van der Waals surface area contributed by atoms with Gasteiger partial charge in [-0.3, -0.25) is 9.78 Å². The summed E-state index contributed by atoms with van der Waals surface area (Å²) in [7, 11) is 0. The molecule has 0 aliphatic heterocycles. The van der Waals surface area contributed by atoms with Gasteiger partial charge >= 0.3 is 0 Å². The van der Waals surface area contributed by atoms with E-state index in [-0.39, 0.29) is 24.3 Å². The summed E-state index contributed by atoms with van der Waals surface area (Å²) in [6, 6.07) is 1.44. The van der Waals surface area contributed by atoms with Crippen LogP contribution in [0.5, 0.6) is 5.75 Å². The number of aromatic nitrogens is 1. The van der Waals surface area contributed by atoms with Gasteiger partial charge in [-0.05, 0) is 31.1 Å². The monoisotopic (exact) mass is 236 g/mol. The largest absolute Gasteiger partial charge is 0.506 e. The minimum atomic E-state index is -0.241. The zero-order valence-electron chi connectivity index (χ0n) is 9.63. The molecule has 0 fully saturated rings. The van der Waals surface area contributed by atoms with Crippen molar-refractivity contribution in [2.45, 2.75) is 19.4 Å². The Labute approximate surface area is 99.8 Å². The zero-order chi connectivity index (χ0) is 12.7. The second kappa shape index (κ2) is 6.65. The lowest BCUT2D eigenvalue weighted by atomic mass is 10.2. The second-order valence-corrected chi connectivity index (χ2v) is 3.73. The molecule has 0 saturated heterocycles. The van der Waals surface area contributed by atoms with E-state index in [9.17, 15) is 4.79 Å². The Morgan fingerprint density at radius 2 is 2.35 bits per heavy atom. The Hall–Kier alpha value is -1.88. The number of hydrogen-bond acceptors (Lipinski definition) is 4. The number of amides is 1. The van der Waals surface area contributed by atoms with Crippen LogP contribution in [0.2, 0.25) is 0 Å². The molecule has 5 heteroatoms. The first-order chi connectivity index (χ1) is 8.11. The van der Waals surface area contributed by atoms with E-state index in [1.807, 2.05) is 6.92 Å². The average molecular weight is 236 g/mol. The van der Waals surface area contributed by atoms with Crippen LogP contribution >= 0.6 is 0 Å². The summed E-state index contributed by atoms with van der Waals surface area (Å²) in [5, 5.41) is 20.5. The van der Waals surface area contributed by atoms with Crippen molar-refractivity contribution >= 4 is 12.0 Å². The standard InChI is InChI=1S/C12H16N2O3/c1-9(4-5-15)14-12(17)3-2-10-6-11(16)8-13-7-10/h2-3,6-9,15-16H,4-5H2,1H3,(H,14,17)/b3-2+/t9-/m1/s1. The zero-order valence-corrected chi connectivity index (χ0v) is 9.63. The third-order valence-corrected chi connectivity index (χ3v) is 2.12. The summed E-state index contributed by atoms with van der Waals surface area (Å²) in [5.74, 6) is -0.185. The van der Waals surface area contributed by atoms with Crippen molar-refractivity contribution in [3.8, 4) is 5.75 Å². The molecule has 5 nitrogen and oxygen atoms in total. The molecular weight excluding hydrogens is 220 g/mol. The molecule has 1 atom stereocenters. The predicted molar refractivity (Wildman–Crippen MR) is 64.2 cm³/mol. The van der Waals surface area contributed by atoms with Crippen molar-refractivity contribution in [1.82, 2.24) is 10.3 Å². The van der Waals surface area contributed by atoms with E-state index >= 15 is 0 Å². The summed E-state index contributed by atoms with van der Waals surface area (Å²) >= 11 is 0. The summed E-state index contributed by atoms with van der Waals surface area (Å²) in [4.78, 5) is 15.2. The van der Waals surface area contributed by atoms with Gasteiger partial charge in [-0.1, -0.05) is 0 Å². The molecule has 0 spiro atoms. The number of carbonyl (C=O) groups excluding carboxylic acids is 1. The highest BCUT2D eigenvalue weighted by atomic mass is 16.3. The van der Waals surface area contributed by atoms with Crippen molar-refractivity contribution in [3.63, 3.8) is 0 Å². The molecule has 1 aromatic rings. The smallest absolute Gasteiger partial charge is 0.244 e. The molecule has 92 valence electrons. The fraction of sp³-hybridized carbons (Fsp3) is 0.333. The highest BCUT2D eigenvalue weighted by Crippen LogP contribution is 2.09. The topological polar surface area (TPSA) is 82.5 Å². The summed E-state index contributed by atoms with van der Waals surface area (Å²) in [5.41, 5.74) is 0.648. The number of pyridine rings is 1. The number of hydrogen-bond donors (Lipinski definition) is 3. The molecule has 0 aliphatic rings. The van der Waals surface area contributed by atoms with Gasteiger partial charge in [-0.2, -0.15) is 0 Å². The maximum Gasteiger partial charge on any atom is 0.244 e. The number of aliphatic hydroxyl groups is 1. The number of aliphatic hydroxyl groups excluding tert-OH is 1. The fourth-order valence-corrected chi connectivity index (χ4v) is 1.26. The summed E-state index contributed by atoms with van der Waals surface area (Å²) in [6.07, 6.45) is 6.31. The van der Waals surface area contributed by atoms with Crippen LogP contribution in [-0.2, 0) is 4.79 Å². The van der Waals surface area contributed by atoms with Gasteiger partial charge in [0.1, 0.15) is 5.75 Å². The van der Waals surface area contributed by atoms with E-state index in [1.54, 1.807) is 12.3 Å². The van der Waals surface area contributed by atoms with Crippen molar-refractivity contribution in [2.24, 2.45) is 0 Å². The van der Waals surface area contributed by atoms with E-state index < -0.39 is 0 Å². The van der Waals surface area contributed by atoms with E-state index in [0.29, 0.717) is 12.0 Å². The molecule has 1 heterocycles. The van der Waals surface area contributed by atoms with Gasteiger partial charge in [0.15, 0.2) is 0 Å². The molecule has 0 aromatic carbocycles. The van der Waals surface area contributed by atoms with Gasteiger partial charge in [-0.15, -0.1) is 0 Å². The maximum atomic E-state index is 11.4. The molecule has 1 aromatic heterocycles. The van der Waals surface area contributed by atoms with Crippen LogP contribution < -0.4 is 5.32 Å². The van der Waals surface area contributed by atoms with Gasteiger partial charge in [0.2, 0.25) is 5.91 Å². The number of aromatic hydroxyl groups is 1. The third-order valence-electron chi connectivity index (χ3n) is 2.12. The minimum absolute atomic E-state index is 0.0433. The lowest BCUT2D eigenvalue weighted by Crippen LogP contribution is -2.31. The molecule has 0 bridgehead atoms. The van der Waals surface area contributed by atoms with Crippen molar-refractivity contribution in [3.05, 3.63) is 30.1 Å². The quantitative estimate of drug-likeness (QED) is 0.657. The Bertz CT molecular complexity index is 404. The SMILES string of the molecule is C[C@H](CCO)NC(=O)/C=C/c1cncc(O)c1. The van der Waals surface area contributed by atoms with Crippen LogP contribution in [0.4, 0.5) is 0 Å². The Kier molecular flexibility index (Phi) is 5.16. The molecule has 0 radical (unpaired) electrons. The molecule has 3 N–H and O–H groups in total. The average Bonchev–Trinajstić information content (AvgIpc) is 2.27. The third kappa shape index (κ3) is 5.12. The van der Waals surface area contributed by atoms with Crippen LogP contribution in [0.1, 0.15) is 18.9 Å². The van der Waals surface area contributed by atoms with Crippen molar-refractivity contribution < 1.29 is 15.0 Å².